The minimum atomic E-state index is -0.817. The Bertz CT molecular complexity index is 1160. The van der Waals surface area contributed by atoms with Crippen molar-refractivity contribution in [3.8, 4) is 0 Å². The van der Waals surface area contributed by atoms with Crippen molar-refractivity contribution in [1.82, 2.24) is 19.3 Å². The lowest BCUT2D eigenvalue weighted by Crippen LogP contribution is -2.40. The smallest absolute Gasteiger partial charge is 0.331 e. The van der Waals surface area contributed by atoms with Crippen LogP contribution in [0.3, 0.4) is 0 Å². The minimum absolute atomic E-state index is 0.0840. The van der Waals surface area contributed by atoms with Crippen molar-refractivity contribution in [2.75, 3.05) is 0 Å². The molecule has 0 bridgehead atoms. The first-order valence-corrected chi connectivity index (χ1v) is 9.47. The van der Waals surface area contributed by atoms with Gasteiger partial charge in [-0.25, -0.2) is 4.79 Å². The molecule has 8 nitrogen and oxygen atoms in total. The van der Waals surface area contributed by atoms with Crippen LogP contribution < -0.4 is 11.2 Å². The Morgan fingerprint density at radius 2 is 2.07 bits per heavy atom. The highest BCUT2D eigenvalue weighted by molar-refractivity contribution is 6.30. The first-order chi connectivity index (χ1) is 13.5. The van der Waals surface area contributed by atoms with Gasteiger partial charge in [-0.15, -0.1) is 0 Å². The molecule has 2 aromatic heterocycles. The molecule has 0 unspecified atom stereocenters. The van der Waals surface area contributed by atoms with Crippen LogP contribution in [0.2, 0.25) is 5.02 Å². The second-order valence-corrected chi connectivity index (χ2v) is 7.79. The Morgan fingerprint density at radius 1 is 1.29 bits per heavy atom. The number of aliphatic hydroxyl groups is 1. The van der Waals surface area contributed by atoms with Crippen LogP contribution in [0.25, 0.3) is 0 Å². The standard InChI is InChI=1S/C19H17ClN4O4/c20-12-3-1-10(2-4-12)15(25)8-16-21-17(28-22-16)9-23-18(26)7-13-5-11-6-14(11)24(13)19(23)27/h1-4,7,11,14-15,25H,5-6,8-9H2/t11-,14+,15-/m0/s1. The fourth-order valence-electron chi connectivity index (χ4n) is 3.88. The van der Waals surface area contributed by atoms with Crippen molar-refractivity contribution in [3.63, 3.8) is 0 Å². The van der Waals surface area contributed by atoms with Gasteiger partial charge in [-0.1, -0.05) is 28.9 Å². The average molecular weight is 401 g/mol. The van der Waals surface area contributed by atoms with E-state index in [9.17, 15) is 14.7 Å². The molecule has 3 atom stereocenters. The maximum atomic E-state index is 12.7. The number of aliphatic hydroxyl groups excluding tert-OH is 1. The van der Waals surface area contributed by atoms with Crippen LogP contribution in [0.1, 0.15) is 41.5 Å². The van der Waals surface area contributed by atoms with Gasteiger partial charge < -0.3 is 9.63 Å². The van der Waals surface area contributed by atoms with Gasteiger partial charge in [-0.2, -0.15) is 4.98 Å². The zero-order chi connectivity index (χ0) is 19.4. The summed E-state index contributed by atoms with van der Waals surface area (Å²) in [6.45, 7) is -0.0840. The Hall–Kier alpha value is -2.71. The number of fused-ring (bicyclic) bond motifs is 3. The lowest BCUT2D eigenvalue weighted by molar-refractivity contribution is 0.174. The van der Waals surface area contributed by atoms with Crippen molar-refractivity contribution in [2.24, 2.45) is 5.92 Å². The van der Waals surface area contributed by atoms with Crippen molar-refractivity contribution in [1.29, 1.82) is 0 Å². The summed E-state index contributed by atoms with van der Waals surface area (Å²) in [4.78, 5) is 29.3. The Morgan fingerprint density at radius 3 is 2.86 bits per heavy atom. The summed E-state index contributed by atoms with van der Waals surface area (Å²) in [7, 11) is 0. The van der Waals surface area contributed by atoms with Gasteiger partial charge in [0.1, 0.15) is 6.54 Å². The van der Waals surface area contributed by atoms with E-state index in [1.54, 1.807) is 28.8 Å². The lowest BCUT2D eigenvalue weighted by Gasteiger charge is -2.09. The molecule has 0 spiro atoms. The highest BCUT2D eigenvalue weighted by Crippen LogP contribution is 2.49. The fraction of sp³-hybridized carbons (Fsp3) is 0.368. The van der Waals surface area contributed by atoms with Crippen LogP contribution >= 0.6 is 11.6 Å². The lowest BCUT2D eigenvalue weighted by atomic mass is 10.1. The maximum Gasteiger partial charge on any atom is 0.331 e. The molecule has 1 fully saturated rings. The predicted molar refractivity (Wildman–Crippen MR) is 99.3 cm³/mol. The second kappa shape index (κ2) is 6.42. The molecular weight excluding hydrogens is 384 g/mol. The molecule has 3 aromatic rings. The summed E-state index contributed by atoms with van der Waals surface area (Å²) in [5, 5.41) is 14.8. The van der Waals surface area contributed by atoms with Crippen molar-refractivity contribution in [2.45, 2.75) is 38.0 Å². The van der Waals surface area contributed by atoms with Gasteiger partial charge >= 0.3 is 5.69 Å². The zero-order valence-corrected chi connectivity index (χ0v) is 15.5. The molecule has 0 amide bonds. The van der Waals surface area contributed by atoms with Crippen LogP contribution in [0.4, 0.5) is 0 Å². The second-order valence-electron chi connectivity index (χ2n) is 7.36. The van der Waals surface area contributed by atoms with E-state index in [1.165, 1.54) is 6.07 Å². The topological polar surface area (TPSA) is 103 Å². The Labute approximate surface area is 164 Å². The molecule has 1 saturated carbocycles. The SMILES string of the molecule is O=c1cc2n(c(=O)n1Cc1nc(C[C@H](O)c3ccc(Cl)cc3)no1)[C@@H]1C[C@@H]1C2. The summed E-state index contributed by atoms with van der Waals surface area (Å²) < 4.78 is 8.03. The molecular formula is C19H17ClN4O4. The third-order valence-corrected chi connectivity index (χ3v) is 5.68. The van der Waals surface area contributed by atoms with Crippen molar-refractivity contribution in [3.05, 3.63) is 79.2 Å². The van der Waals surface area contributed by atoms with Crippen LogP contribution in [0.5, 0.6) is 0 Å². The number of halogens is 1. The number of rotatable bonds is 5. The summed E-state index contributed by atoms with van der Waals surface area (Å²) in [6.07, 6.45) is 1.12. The third-order valence-electron chi connectivity index (χ3n) is 5.42. The molecule has 0 radical (unpaired) electrons. The highest BCUT2D eigenvalue weighted by Gasteiger charge is 2.46. The van der Waals surface area contributed by atoms with Gasteiger partial charge in [0.15, 0.2) is 5.82 Å². The molecule has 2 aliphatic rings. The van der Waals surface area contributed by atoms with Gasteiger partial charge in [-0.3, -0.25) is 13.9 Å². The Kier molecular flexibility index (Phi) is 3.99. The summed E-state index contributed by atoms with van der Waals surface area (Å²) in [5.74, 6) is 0.949. The molecule has 3 heterocycles. The van der Waals surface area contributed by atoms with Crippen LogP contribution in [0.15, 0.2) is 44.4 Å². The van der Waals surface area contributed by atoms with E-state index in [-0.39, 0.29) is 36.1 Å². The third kappa shape index (κ3) is 2.98. The molecule has 0 saturated heterocycles. The van der Waals surface area contributed by atoms with Crippen LogP contribution in [0, 0.1) is 5.92 Å². The molecule has 28 heavy (non-hydrogen) atoms. The van der Waals surface area contributed by atoms with Gasteiger partial charge in [0, 0.05) is 29.2 Å². The van der Waals surface area contributed by atoms with Gasteiger partial charge in [0.25, 0.3) is 5.56 Å². The van der Waals surface area contributed by atoms with Crippen LogP contribution in [-0.2, 0) is 19.4 Å². The molecule has 1 aliphatic heterocycles. The summed E-state index contributed by atoms with van der Waals surface area (Å²) in [5.41, 5.74) is 0.805. The fourth-order valence-corrected chi connectivity index (χ4v) is 4.00. The first kappa shape index (κ1) is 17.4. The van der Waals surface area contributed by atoms with E-state index in [4.69, 9.17) is 16.1 Å². The minimum Gasteiger partial charge on any atom is -0.388 e. The molecule has 1 aromatic carbocycles. The number of hydrogen-bond donors (Lipinski definition) is 1. The number of nitrogens with zero attached hydrogens (tertiary/aromatic N) is 4. The molecule has 9 heteroatoms. The van der Waals surface area contributed by atoms with Gasteiger partial charge in [0.2, 0.25) is 5.89 Å². The quantitative estimate of drug-likeness (QED) is 0.696. The molecule has 1 aliphatic carbocycles. The highest BCUT2D eigenvalue weighted by atomic mass is 35.5. The predicted octanol–water partition coefficient (Wildman–Crippen LogP) is 1.49. The molecule has 144 valence electrons. The normalized spacial score (nSPS) is 20.6. The molecule has 5 rings (SSSR count). The van der Waals surface area contributed by atoms with Gasteiger partial charge in [-0.05, 0) is 36.5 Å². The zero-order valence-electron chi connectivity index (χ0n) is 14.8. The summed E-state index contributed by atoms with van der Waals surface area (Å²) in [6, 6.07) is 8.59. The average Bonchev–Trinajstić information content (AvgIpc) is 3.11. The van der Waals surface area contributed by atoms with E-state index < -0.39 is 6.10 Å². The van der Waals surface area contributed by atoms with Crippen molar-refractivity contribution < 1.29 is 9.63 Å². The monoisotopic (exact) mass is 400 g/mol. The largest absolute Gasteiger partial charge is 0.388 e. The summed E-state index contributed by atoms with van der Waals surface area (Å²) >= 11 is 5.85. The van der Waals surface area contributed by atoms with Crippen molar-refractivity contribution >= 4 is 11.6 Å². The number of aromatic nitrogens is 4. The van der Waals surface area contributed by atoms with Gasteiger partial charge in [0.05, 0.1) is 6.10 Å². The van der Waals surface area contributed by atoms with E-state index >= 15 is 0 Å². The number of hydrogen-bond acceptors (Lipinski definition) is 6. The maximum absolute atomic E-state index is 12.7. The number of benzene rings is 1. The molecule has 1 N–H and O–H groups in total. The van der Waals surface area contributed by atoms with Crippen LogP contribution in [-0.4, -0.2) is 24.4 Å². The van der Waals surface area contributed by atoms with E-state index in [0.29, 0.717) is 22.3 Å². The van der Waals surface area contributed by atoms with E-state index in [0.717, 1.165) is 23.1 Å². The van der Waals surface area contributed by atoms with E-state index in [2.05, 4.69) is 10.1 Å². The van der Waals surface area contributed by atoms with E-state index in [1.807, 2.05) is 0 Å². The Balaban J connectivity index is 1.35. The first-order valence-electron chi connectivity index (χ1n) is 9.10.